The number of rotatable bonds is 9. The average molecular weight is 560 g/mol. The lowest BCUT2D eigenvalue weighted by Crippen LogP contribution is -2.25. The molecule has 3 aromatic carbocycles. The molecule has 184 valence electrons. The van der Waals surface area contributed by atoms with E-state index in [0.717, 1.165) is 5.56 Å². The predicted octanol–water partition coefficient (Wildman–Crippen LogP) is 6.60. The van der Waals surface area contributed by atoms with Gasteiger partial charge in [-0.2, -0.15) is 0 Å². The number of halogens is 2. The summed E-state index contributed by atoms with van der Waals surface area (Å²) < 4.78 is 7.02. The number of nitrogens with zero attached hydrogens (tertiary/aromatic N) is 3. The van der Waals surface area contributed by atoms with E-state index in [0.29, 0.717) is 37.8 Å². The van der Waals surface area contributed by atoms with Crippen LogP contribution in [0.5, 0.6) is 0 Å². The molecule has 1 aromatic heterocycles. The van der Waals surface area contributed by atoms with Crippen LogP contribution in [0.25, 0.3) is 5.69 Å². The van der Waals surface area contributed by atoms with Gasteiger partial charge in [-0.3, -0.25) is 9.36 Å². The van der Waals surface area contributed by atoms with Crippen LogP contribution in [-0.2, 0) is 17.9 Å². The van der Waals surface area contributed by atoms with Crippen molar-refractivity contribution in [3.63, 3.8) is 0 Å². The zero-order valence-electron chi connectivity index (χ0n) is 19.0. The number of aromatic nitrogens is 3. The molecule has 1 N–H and O–H groups in total. The van der Waals surface area contributed by atoms with E-state index in [4.69, 9.17) is 27.9 Å². The van der Waals surface area contributed by atoms with Crippen LogP contribution >= 0.6 is 44.8 Å². The number of ether oxygens (including phenoxy) is 1. The number of alkyl carbamates (subject to hydrolysis) is 1. The van der Waals surface area contributed by atoms with Crippen molar-refractivity contribution in [1.29, 1.82) is 0 Å². The first-order valence-corrected chi connectivity index (χ1v) is 14.0. The van der Waals surface area contributed by atoms with Gasteiger partial charge in [0, 0.05) is 16.1 Å². The minimum Gasteiger partial charge on any atom is -0.445 e. The van der Waals surface area contributed by atoms with Crippen molar-refractivity contribution in [3.8, 4) is 5.69 Å². The molecule has 36 heavy (non-hydrogen) atoms. The Labute approximate surface area is 225 Å². The summed E-state index contributed by atoms with van der Waals surface area (Å²) in [5.41, 5.74) is 2.06. The summed E-state index contributed by atoms with van der Waals surface area (Å²) >= 11 is 12.6. The van der Waals surface area contributed by atoms with Gasteiger partial charge in [0.25, 0.3) is 0 Å². The van der Waals surface area contributed by atoms with Crippen molar-refractivity contribution < 1.29 is 14.3 Å². The maximum Gasteiger partial charge on any atom is 0.407 e. The second-order valence-electron chi connectivity index (χ2n) is 7.37. The first kappa shape index (κ1) is 26.1. The van der Waals surface area contributed by atoms with Crippen molar-refractivity contribution in [2.24, 2.45) is 0 Å². The third kappa shape index (κ3) is 6.22. The van der Waals surface area contributed by atoms with Crippen molar-refractivity contribution in [2.45, 2.75) is 18.3 Å². The highest BCUT2D eigenvalue weighted by Crippen LogP contribution is 2.33. The van der Waals surface area contributed by atoms with E-state index < -0.39 is 6.09 Å². The molecule has 0 unspecified atom stereocenters. The predicted molar refractivity (Wildman–Crippen MR) is 144 cm³/mol. The molecule has 0 aliphatic heterocycles. The van der Waals surface area contributed by atoms with Gasteiger partial charge in [-0.05, 0) is 52.9 Å². The SMILES string of the molecule is CSSc1nnc(CNC(=O)OCc2ccccc2)n1-c1ccc(Cl)cc1C(=O)c1ccccc1Cl. The van der Waals surface area contributed by atoms with Crippen LogP contribution in [0.4, 0.5) is 4.79 Å². The summed E-state index contributed by atoms with van der Waals surface area (Å²) in [4.78, 5) is 25.8. The highest BCUT2D eigenvalue weighted by Gasteiger charge is 2.23. The van der Waals surface area contributed by atoms with Gasteiger partial charge >= 0.3 is 6.09 Å². The molecule has 0 spiro atoms. The van der Waals surface area contributed by atoms with E-state index in [-0.39, 0.29) is 18.9 Å². The molecule has 7 nitrogen and oxygen atoms in total. The Kier molecular flexibility index (Phi) is 8.93. The minimum atomic E-state index is -0.601. The van der Waals surface area contributed by atoms with Gasteiger partial charge in [-0.15, -0.1) is 10.2 Å². The molecule has 0 fully saturated rings. The molecule has 1 amide bonds. The monoisotopic (exact) mass is 558 g/mol. The fraction of sp³-hybridized carbons (Fsp3) is 0.120. The largest absolute Gasteiger partial charge is 0.445 e. The summed E-state index contributed by atoms with van der Waals surface area (Å²) in [5, 5.41) is 12.5. The summed E-state index contributed by atoms with van der Waals surface area (Å²) in [6.07, 6.45) is 1.30. The topological polar surface area (TPSA) is 86.1 Å². The standard InChI is InChI=1S/C25H20Cl2N4O3S2/c1-35-36-24-30-29-22(14-28-25(33)34-15-16-7-3-2-4-8-16)31(24)21-12-11-17(26)13-19(21)23(32)18-9-5-6-10-20(18)27/h2-13H,14-15H2,1H3,(H,28,33). The third-order valence-electron chi connectivity index (χ3n) is 5.02. The molecule has 11 heteroatoms. The minimum absolute atomic E-state index is 0.0257. The molecule has 4 rings (SSSR count). The highest BCUT2D eigenvalue weighted by molar-refractivity contribution is 8.76. The zero-order chi connectivity index (χ0) is 25.5. The maximum atomic E-state index is 13.5. The van der Waals surface area contributed by atoms with E-state index in [1.165, 1.54) is 21.6 Å². The molecule has 4 aromatic rings. The van der Waals surface area contributed by atoms with Crippen LogP contribution in [0.15, 0.2) is 78.0 Å². The summed E-state index contributed by atoms with van der Waals surface area (Å²) in [6.45, 7) is 0.165. The van der Waals surface area contributed by atoms with Gasteiger partial charge in [0.1, 0.15) is 6.61 Å². The molecule has 0 bridgehead atoms. The quantitative estimate of drug-likeness (QED) is 0.183. The van der Waals surface area contributed by atoms with Crippen LogP contribution < -0.4 is 5.32 Å². The van der Waals surface area contributed by atoms with E-state index in [2.05, 4.69) is 15.5 Å². The van der Waals surface area contributed by atoms with Crippen molar-refractivity contribution in [2.75, 3.05) is 6.26 Å². The summed E-state index contributed by atoms with van der Waals surface area (Å²) in [5.74, 6) is 0.117. The number of hydrogen-bond acceptors (Lipinski definition) is 7. The smallest absolute Gasteiger partial charge is 0.407 e. The van der Waals surface area contributed by atoms with Gasteiger partial charge in [0.05, 0.1) is 17.3 Å². The lowest BCUT2D eigenvalue weighted by Gasteiger charge is -2.15. The van der Waals surface area contributed by atoms with Gasteiger partial charge in [0.2, 0.25) is 5.16 Å². The van der Waals surface area contributed by atoms with Crippen molar-refractivity contribution >= 4 is 56.7 Å². The number of carbonyl (C=O) groups is 2. The molecule has 0 saturated carbocycles. The van der Waals surface area contributed by atoms with Crippen LogP contribution in [0.2, 0.25) is 10.0 Å². The second kappa shape index (κ2) is 12.3. The lowest BCUT2D eigenvalue weighted by molar-refractivity contribution is 0.103. The molecule has 1 heterocycles. The van der Waals surface area contributed by atoms with E-state index in [9.17, 15) is 9.59 Å². The van der Waals surface area contributed by atoms with E-state index in [1.807, 2.05) is 36.6 Å². The van der Waals surface area contributed by atoms with Crippen molar-refractivity contribution in [3.05, 3.63) is 105 Å². The van der Waals surface area contributed by atoms with E-state index in [1.54, 1.807) is 47.0 Å². The third-order valence-corrected chi connectivity index (χ3v) is 7.12. The van der Waals surface area contributed by atoms with Crippen LogP contribution in [0.3, 0.4) is 0 Å². The Morgan fingerprint density at radius 2 is 1.72 bits per heavy atom. The van der Waals surface area contributed by atoms with E-state index >= 15 is 0 Å². The Morgan fingerprint density at radius 3 is 2.47 bits per heavy atom. The number of ketones is 1. The summed E-state index contributed by atoms with van der Waals surface area (Å²) in [6, 6.07) is 21.2. The molecule has 0 radical (unpaired) electrons. The van der Waals surface area contributed by atoms with Crippen LogP contribution in [0.1, 0.15) is 27.3 Å². The molecule has 0 atom stereocenters. The Hall–Kier alpha value is -2.98. The van der Waals surface area contributed by atoms with Gasteiger partial charge in [0.15, 0.2) is 11.6 Å². The van der Waals surface area contributed by atoms with Gasteiger partial charge in [-0.25, -0.2) is 4.79 Å². The normalized spacial score (nSPS) is 10.8. The van der Waals surface area contributed by atoms with Crippen LogP contribution in [0, 0.1) is 0 Å². The average Bonchev–Trinajstić information content (AvgIpc) is 3.29. The number of carbonyl (C=O) groups excluding carboxylic acids is 2. The number of benzene rings is 3. The van der Waals surface area contributed by atoms with Gasteiger partial charge < -0.3 is 10.1 Å². The number of hydrogen-bond donors (Lipinski definition) is 1. The van der Waals surface area contributed by atoms with Crippen molar-refractivity contribution in [1.82, 2.24) is 20.1 Å². The second-order valence-corrected chi connectivity index (χ2v) is 10.6. The lowest BCUT2D eigenvalue weighted by atomic mass is 10.0. The fourth-order valence-corrected chi connectivity index (χ4v) is 5.05. The van der Waals surface area contributed by atoms with Gasteiger partial charge in [-0.1, -0.05) is 76.5 Å². The number of amides is 1. The number of nitrogens with one attached hydrogen (secondary N) is 1. The first-order chi connectivity index (χ1) is 17.5. The molecule has 0 saturated heterocycles. The fourth-order valence-electron chi connectivity index (χ4n) is 3.39. The summed E-state index contributed by atoms with van der Waals surface area (Å²) in [7, 11) is 2.85. The highest BCUT2D eigenvalue weighted by atomic mass is 35.5. The van der Waals surface area contributed by atoms with Crippen LogP contribution in [-0.4, -0.2) is 32.9 Å². The molecular formula is C25H20Cl2N4O3S2. The molecule has 0 aliphatic rings. The zero-order valence-corrected chi connectivity index (χ0v) is 22.1. The maximum absolute atomic E-state index is 13.5. The molecular weight excluding hydrogens is 539 g/mol. The molecule has 0 aliphatic carbocycles. The Balaban J connectivity index is 1.63. The first-order valence-electron chi connectivity index (χ1n) is 10.7. The Morgan fingerprint density at radius 1 is 0.972 bits per heavy atom. The Bertz CT molecular complexity index is 1380.